The third kappa shape index (κ3) is 1.61. The van der Waals surface area contributed by atoms with Crippen molar-refractivity contribution in [1.82, 2.24) is 5.48 Å². The number of hydroxylamine groups is 1. The summed E-state index contributed by atoms with van der Waals surface area (Å²) >= 11 is 0. The van der Waals surface area contributed by atoms with Crippen LogP contribution >= 0.6 is 0 Å². The first-order valence-corrected chi connectivity index (χ1v) is 4.91. The zero-order valence-corrected chi connectivity index (χ0v) is 8.34. The summed E-state index contributed by atoms with van der Waals surface area (Å²) in [6, 6.07) is 3.80. The molecule has 14 heavy (non-hydrogen) atoms. The van der Waals surface area contributed by atoms with Crippen LogP contribution in [0.1, 0.15) is 23.1 Å². The molecule has 0 fully saturated rings. The molecular weight excluding hydrogens is 178 g/mol. The van der Waals surface area contributed by atoms with Gasteiger partial charge in [0.2, 0.25) is 0 Å². The second-order valence-electron chi connectivity index (χ2n) is 3.58. The molecule has 3 heteroatoms. The molecule has 0 spiro atoms. The number of aryl methyl sites for hydroxylation is 1. The molecule has 0 heterocycles. The highest BCUT2D eigenvalue weighted by Crippen LogP contribution is 2.31. The molecule has 1 aromatic rings. The first-order valence-electron chi connectivity index (χ1n) is 4.91. The van der Waals surface area contributed by atoms with Gasteiger partial charge in [-0.1, -0.05) is 6.07 Å². The van der Waals surface area contributed by atoms with Gasteiger partial charge in [-0.2, -0.15) is 5.48 Å². The predicted octanol–water partition coefficient (Wildman–Crippen LogP) is 1.53. The third-order valence-corrected chi connectivity index (χ3v) is 2.77. The molecule has 2 rings (SSSR count). The van der Waals surface area contributed by atoms with E-state index < -0.39 is 0 Å². The normalized spacial score (nSPS) is 14.4. The van der Waals surface area contributed by atoms with E-state index in [4.69, 9.17) is 4.84 Å². The van der Waals surface area contributed by atoms with Gasteiger partial charge in [0.05, 0.1) is 7.11 Å². The van der Waals surface area contributed by atoms with Crippen LogP contribution in [0.2, 0.25) is 0 Å². The Balaban J connectivity index is 2.31. The van der Waals surface area contributed by atoms with Crippen LogP contribution in [0.5, 0.6) is 5.75 Å². The van der Waals surface area contributed by atoms with Crippen molar-refractivity contribution in [3.63, 3.8) is 0 Å². The van der Waals surface area contributed by atoms with E-state index in [0.717, 1.165) is 18.4 Å². The standard InChI is InChI=1S/C11H15NO2/c1-14-12-7-10-9-4-2-3-8(9)5-6-11(10)13/h5-6,12-13H,2-4,7H2,1H3. The van der Waals surface area contributed by atoms with Crippen LogP contribution in [0.25, 0.3) is 0 Å². The molecule has 0 atom stereocenters. The molecular formula is C11H15NO2. The predicted molar refractivity (Wildman–Crippen MR) is 54.0 cm³/mol. The van der Waals surface area contributed by atoms with Crippen molar-refractivity contribution in [3.8, 4) is 5.75 Å². The minimum absolute atomic E-state index is 0.371. The summed E-state index contributed by atoms with van der Waals surface area (Å²) in [4.78, 5) is 4.80. The zero-order valence-electron chi connectivity index (χ0n) is 8.34. The molecule has 0 saturated carbocycles. The lowest BCUT2D eigenvalue weighted by Gasteiger charge is -2.10. The maximum absolute atomic E-state index is 9.71. The quantitative estimate of drug-likeness (QED) is 0.715. The van der Waals surface area contributed by atoms with Crippen LogP contribution in [0.15, 0.2) is 12.1 Å². The summed E-state index contributed by atoms with van der Waals surface area (Å²) in [6.07, 6.45) is 3.40. The highest BCUT2D eigenvalue weighted by atomic mass is 16.6. The number of phenols is 1. The van der Waals surface area contributed by atoms with Crippen molar-refractivity contribution < 1.29 is 9.94 Å². The van der Waals surface area contributed by atoms with E-state index in [9.17, 15) is 5.11 Å². The summed E-state index contributed by atoms with van der Waals surface area (Å²) in [5.41, 5.74) is 6.43. The van der Waals surface area contributed by atoms with Crippen molar-refractivity contribution in [1.29, 1.82) is 0 Å². The first kappa shape index (κ1) is 9.49. The minimum atomic E-state index is 0.371. The lowest BCUT2D eigenvalue weighted by atomic mass is 10.0. The van der Waals surface area contributed by atoms with Crippen LogP contribution in [-0.4, -0.2) is 12.2 Å². The molecule has 0 radical (unpaired) electrons. The van der Waals surface area contributed by atoms with Gasteiger partial charge in [0.15, 0.2) is 0 Å². The lowest BCUT2D eigenvalue weighted by Crippen LogP contribution is -2.12. The third-order valence-electron chi connectivity index (χ3n) is 2.77. The van der Waals surface area contributed by atoms with Crippen LogP contribution in [-0.2, 0) is 24.2 Å². The van der Waals surface area contributed by atoms with Gasteiger partial charge in [-0.05, 0) is 36.5 Å². The van der Waals surface area contributed by atoms with Gasteiger partial charge in [-0.3, -0.25) is 0 Å². The van der Waals surface area contributed by atoms with Crippen LogP contribution in [0, 0.1) is 0 Å². The number of rotatable bonds is 3. The van der Waals surface area contributed by atoms with Crippen LogP contribution < -0.4 is 5.48 Å². The molecule has 1 aliphatic carbocycles. The highest BCUT2D eigenvalue weighted by Gasteiger charge is 2.17. The Hall–Kier alpha value is -1.06. The van der Waals surface area contributed by atoms with E-state index in [1.54, 1.807) is 13.2 Å². The van der Waals surface area contributed by atoms with E-state index in [0.29, 0.717) is 12.3 Å². The molecule has 2 N–H and O–H groups in total. The number of nitrogens with one attached hydrogen (secondary N) is 1. The first-order chi connectivity index (χ1) is 6.83. The van der Waals surface area contributed by atoms with Gasteiger partial charge in [-0.15, -0.1) is 0 Å². The molecule has 1 aromatic carbocycles. The summed E-state index contributed by atoms with van der Waals surface area (Å²) in [5.74, 6) is 0.371. The van der Waals surface area contributed by atoms with E-state index in [1.807, 2.05) is 6.07 Å². The number of hydrogen-bond donors (Lipinski definition) is 2. The average molecular weight is 193 g/mol. The molecule has 1 aliphatic rings. The van der Waals surface area contributed by atoms with Crippen molar-refractivity contribution in [2.24, 2.45) is 0 Å². The Morgan fingerprint density at radius 2 is 2.29 bits per heavy atom. The largest absolute Gasteiger partial charge is 0.508 e. The topological polar surface area (TPSA) is 41.5 Å². The maximum atomic E-state index is 9.71. The number of phenolic OH excluding ortho intramolecular Hbond substituents is 1. The summed E-state index contributed by atoms with van der Waals surface area (Å²) < 4.78 is 0. The monoisotopic (exact) mass is 193 g/mol. The zero-order chi connectivity index (χ0) is 9.97. The Morgan fingerprint density at radius 3 is 3.07 bits per heavy atom. The Morgan fingerprint density at radius 1 is 1.43 bits per heavy atom. The fourth-order valence-corrected chi connectivity index (χ4v) is 2.07. The van der Waals surface area contributed by atoms with Crippen molar-refractivity contribution in [3.05, 3.63) is 28.8 Å². The van der Waals surface area contributed by atoms with E-state index in [1.165, 1.54) is 17.5 Å². The maximum Gasteiger partial charge on any atom is 0.120 e. The van der Waals surface area contributed by atoms with Crippen LogP contribution in [0.4, 0.5) is 0 Å². The molecule has 0 aliphatic heterocycles. The number of aromatic hydroxyl groups is 1. The molecule has 0 unspecified atom stereocenters. The number of fused-ring (bicyclic) bond motifs is 1. The average Bonchev–Trinajstić information content (AvgIpc) is 2.64. The fourth-order valence-electron chi connectivity index (χ4n) is 2.07. The van der Waals surface area contributed by atoms with Crippen molar-refractivity contribution in [2.75, 3.05) is 7.11 Å². The molecule has 0 aromatic heterocycles. The van der Waals surface area contributed by atoms with Crippen LogP contribution in [0.3, 0.4) is 0 Å². The highest BCUT2D eigenvalue weighted by molar-refractivity contribution is 5.46. The van der Waals surface area contributed by atoms with Gasteiger partial charge in [0.1, 0.15) is 5.75 Å². The van der Waals surface area contributed by atoms with Gasteiger partial charge >= 0.3 is 0 Å². The van der Waals surface area contributed by atoms with Crippen molar-refractivity contribution in [2.45, 2.75) is 25.8 Å². The van der Waals surface area contributed by atoms with E-state index >= 15 is 0 Å². The van der Waals surface area contributed by atoms with Crippen molar-refractivity contribution >= 4 is 0 Å². The summed E-state index contributed by atoms with van der Waals surface area (Å²) in [5, 5.41) is 9.71. The fraction of sp³-hybridized carbons (Fsp3) is 0.455. The molecule has 76 valence electrons. The second kappa shape index (κ2) is 3.98. The summed E-state index contributed by atoms with van der Waals surface area (Å²) in [7, 11) is 1.58. The number of hydrogen-bond acceptors (Lipinski definition) is 3. The van der Waals surface area contributed by atoms with Gasteiger partial charge in [0.25, 0.3) is 0 Å². The molecule has 0 amide bonds. The Bertz CT molecular complexity index is 336. The summed E-state index contributed by atoms with van der Waals surface area (Å²) in [6.45, 7) is 0.575. The smallest absolute Gasteiger partial charge is 0.120 e. The van der Waals surface area contributed by atoms with Gasteiger partial charge < -0.3 is 9.94 Å². The Labute approximate surface area is 83.7 Å². The Kier molecular flexibility index (Phi) is 2.70. The number of benzene rings is 1. The van der Waals surface area contributed by atoms with E-state index in [-0.39, 0.29) is 0 Å². The molecule has 0 bridgehead atoms. The van der Waals surface area contributed by atoms with Gasteiger partial charge in [0, 0.05) is 12.1 Å². The minimum Gasteiger partial charge on any atom is -0.508 e. The second-order valence-corrected chi connectivity index (χ2v) is 3.58. The molecule has 0 saturated heterocycles. The lowest BCUT2D eigenvalue weighted by molar-refractivity contribution is 0.0860. The van der Waals surface area contributed by atoms with E-state index in [2.05, 4.69) is 5.48 Å². The molecule has 3 nitrogen and oxygen atoms in total. The SMILES string of the molecule is CONCc1c(O)ccc2c1CCC2. The van der Waals surface area contributed by atoms with Gasteiger partial charge in [-0.25, -0.2) is 0 Å².